The molecule has 4 heteroatoms. The maximum atomic E-state index is 5.95. The molecule has 120 valence electrons. The molecule has 3 rings (SSSR count). The Morgan fingerprint density at radius 3 is 2.61 bits per heavy atom. The van der Waals surface area contributed by atoms with Crippen molar-refractivity contribution in [1.29, 1.82) is 0 Å². The van der Waals surface area contributed by atoms with Crippen LogP contribution in [-0.4, -0.2) is 24.8 Å². The largest absolute Gasteiger partial charge is 0.366 e. The van der Waals surface area contributed by atoms with Gasteiger partial charge < -0.3 is 10.2 Å². The number of fused-ring (bicyclic) bond motifs is 1. The Bertz CT molecular complexity index is 707. The zero-order valence-corrected chi connectivity index (χ0v) is 14.4. The number of halogens is 1. The third-order valence-corrected chi connectivity index (χ3v) is 4.53. The van der Waals surface area contributed by atoms with E-state index in [0.717, 1.165) is 35.8 Å². The molecule has 3 nitrogen and oxygen atoms in total. The van der Waals surface area contributed by atoms with E-state index in [-0.39, 0.29) is 0 Å². The molecule has 0 saturated carbocycles. The molecule has 0 unspecified atom stereocenters. The number of rotatable bonds is 5. The maximum Gasteiger partial charge on any atom is 0.0909 e. The number of anilines is 2. The standard InChI is InChI=1S/C19H22ClN3/c1-3-23(2)13-21-18-11-12-19(17-6-4-5-16(17)18)22-15-9-7-14(20)8-10-15/h7-13,22H,3-6H2,1-2H3. The number of hydrogen-bond donors (Lipinski definition) is 1. The fraction of sp³-hybridized carbons (Fsp3) is 0.316. The molecule has 2 aromatic rings. The smallest absolute Gasteiger partial charge is 0.0909 e. The average Bonchev–Trinajstić information content (AvgIpc) is 3.06. The minimum absolute atomic E-state index is 0.755. The van der Waals surface area contributed by atoms with Crippen LogP contribution in [0.4, 0.5) is 17.1 Å². The van der Waals surface area contributed by atoms with Gasteiger partial charge >= 0.3 is 0 Å². The van der Waals surface area contributed by atoms with E-state index in [9.17, 15) is 0 Å². The van der Waals surface area contributed by atoms with E-state index in [1.807, 2.05) is 37.7 Å². The van der Waals surface area contributed by atoms with Crippen molar-refractivity contribution >= 4 is 35.0 Å². The second-order valence-corrected chi connectivity index (χ2v) is 6.33. The maximum absolute atomic E-state index is 5.95. The van der Waals surface area contributed by atoms with Crippen molar-refractivity contribution < 1.29 is 0 Å². The van der Waals surface area contributed by atoms with Crippen LogP contribution in [0.5, 0.6) is 0 Å². The minimum atomic E-state index is 0.755. The van der Waals surface area contributed by atoms with Crippen molar-refractivity contribution in [2.45, 2.75) is 26.2 Å². The molecular weight excluding hydrogens is 306 g/mol. The van der Waals surface area contributed by atoms with E-state index < -0.39 is 0 Å². The van der Waals surface area contributed by atoms with Gasteiger partial charge in [0.1, 0.15) is 0 Å². The lowest BCUT2D eigenvalue weighted by molar-refractivity contribution is 0.552. The molecular formula is C19H22ClN3. The summed E-state index contributed by atoms with van der Waals surface area (Å²) < 4.78 is 0. The van der Waals surface area contributed by atoms with Crippen molar-refractivity contribution in [1.82, 2.24) is 4.90 Å². The highest BCUT2D eigenvalue weighted by Gasteiger charge is 2.18. The lowest BCUT2D eigenvalue weighted by Crippen LogP contribution is -2.14. The van der Waals surface area contributed by atoms with Gasteiger partial charge in [0, 0.05) is 30.0 Å². The Hall–Kier alpha value is -2.00. The molecule has 0 atom stereocenters. The molecule has 1 aliphatic carbocycles. The highest BCUT2D eigenvalue weighted by molar-refractivity contribution is 6.30. The van der Waals surface area contributed by atoms with Crippen molar-refractivity contribution in [2.24, 2.45) is 4.99 Å². The molecule has 0 spiro atoms. The minimum Gasteiger partial charge on any atom is -0.366 e. The van der Waals surface area contributed by atoms with Crippen LogP contribution in [0.1, 0.15) is 24.5 Å². The fourth-order valence-electron chi connectivity index (χ4n) is 2.86. The first-order valence-corrected chi connectivity index (χ1v) is 8.47. The number of benzene rings is 2. The Kier molecular flexibility index (Phi) is 4.87. The summed E-state index contributed by atoms with van der Waals surface area (Å²) in [4.78, 5) is 6.75. The van der Waals surface area contributed by atoms with Gasteiger partial charge in [0.15, 0.2) is 0 Å². The van der Waals surface area contributed by atoms with Crippen LogP contribution in [0.15, 0.2) is 41.4 Å². The van der Waals surface area contributed by atoms with E-state index in [4.69, 9.17) is 11.6 Å². The van der Waals surface area contributed by atoms with Gasteiger partial charge in [-0.25, -0.2) is 4.99 Å². The molecule has 0 aromatic heterocycles. The molecule has 0 heterocycles. The summed E-state index contributed by atoms with van der Waals surface area (Å²) in [5.41, 5.74) is 6.12. The first-order chi connectivity index (χ1) is 11.2. The number of aliphatic imine (C=N–C) groups is 1. The topological polar surface area (TPSA) is 27.6 Å². The van der Waals surface area contributed by atoms with Gasteiger partial charge in [0.25, 0.3) is 0 Å². The van der Waals surface area contributed by atoms with Crippen LogP contribution in [0.3, 0.4) is 0 Å². The Balaban J connectivity index is 1.87. The van der Waals surface area contributed by atoms with Crippen LogP contribution < -0.4 is 5.32 Å². The van der Waals surface area contributed by atoms with E-state index in [1.165, 1.54) is 23.2 Å². The third-order valence-electron chi connectivity index (χ3n) is 4.28. The number of nitrogens with zero attached hydrogens (tertiary/aromatic N) is 2. The highest BCUT2D eigenvalue weighted by atomic mass is 35.5. The summed E-state index contributed by atoms with van der Waals surface area (Å²) >= 11 is 5.95. The van der Waals surface area contributed by atoms with Crippen molar-refractivity contribution in [2.75, 3.05) is 18.9 Å². The molecule has 2 aromatic carbocycles. The lowest BCUT2D eigenvalue weighted by atomic mass is 10.1. The van der Waals surface area contributed by atoms with Crippen molar-refractivity contribution in [3.63, 3.8) is 0 Å². The molecule has 1 aliphatic rings. The normalized spacial score (nSPS) is 13.3. The van der Waals surface area contributed by atoms with Crippen LogP contribution in [0, 0.1) is 0 Å². The number of hydrogen-bond acceptors (Lipinski definition) is 2. The van der Waals surface area contributed by atoms with Gasteiger partial charge in [-0.2, -0.15) is 0 Å². The van der Waals surface area contributed by atoms with E-state index >= 15 is 0 Å². The summed E-state index contributed by atoms with van der Waals surface area (Å²) in [5, 5.41) is 4.27. The van der Waals surface area contributed by atoms with Crippen molar-refractivity contribution in [3.05, 3.63) is 52.5 Å². The van der Waals surface area contributed by atoms with Gasteiger partial charge in [0.05, 0.1) is 12.0 Å². The summed E-state index contributed by atoms with van der Waals surface area (Å²) in [6.45, 7) is 3.08. The molecule has 0 radical (unpaired) electrons. The van der Waals surface area contributed by atoms with Crippen LogP contribution in [0.25, 0.3) is 0 Å². The Labute approximate surface area is 143 Å². The zero-order chi connectivity index (χ0) is 16.2. The SMILES string of the molecule is CCN(C)C=Nc1ccc(Nc2ccc(Cl)cc2)c2c1CCC2. The highest BCUT2D eigenvalue weighted by Crippen LogP contribution is 2.37. The van der Waals surface area contributed by atoms with E-state index in [1.54, 1.807) is 0 Å². The third kappa shape index (κ3) is 3.67. The summed E-state index contributed by atoms with van der Waals surface area (Å²) in [6, 6.07) is 12.1. The van der Waals surface area contributed by atoms with E-state index in [0.29, 0.717) is 0 Å². The molecule has 1 N–H and O–H groups in total. The Morgan fingerprint density at radius 2 is 1.87 bits per heavy atom. The van der Waals surface area contributed by atoms with Crippen LogP contribution in [-0.2, 0) is 12.8 Å². The first-order valence-electron chi connectivity index (χ1n) is 8.09. The van der Waals surface area contributed by atoms with Gasteiger partial charge in [0.2, 0.25) is 0 Å². The van der Waals surface area contributed by atoms with Gasteiger partial charge in [-0.15, -0.1) is 0 Å². The molecule has 0 saturated heterocycles. The lowest BCUT2D eigenvalue weighted by Gasteiger charge is -2.14. The molecule has 23 heavy (non-hydrogen) atoms. The molecule has 0 aliphatic heterocycles. The monoisotopic (exact) mass is 327 g/mol. The van der Waals surface area contributed by atoms with E-state index in [2.05, 4.69) is 34.3 Å². The van der Waals surface area contributed by atoms with Gasteiger partial charge in [-0.1, -0.05) is 11.6 Å². The quantitative estimate of drug-likeness (QED) is 0.605. The predicted octanol–water partition coefficient (Wildman–Crippen LogP) is 5.18. The second kappa shape index (κ2) is 7.05. The van der Waals surface area contributed by atoms with Gasteiger partial charge in [-0.05, 0) is 73.7 Å². The predicted molar refractivity (Wildman–Crippen MR) is 99.7 cm³/mol. The molecule has 0 fully saturated rings. The Morgan fingerprint density at radius 1 is 1.13 bits per heavy atom. The second-order valence-electron chi connectivity index (χ2n) is 5.89. The van der Waals surface area contributed by atoms with Gasteiger partial charge in [-0.3, -0.25) is 0 Å². The summed E-state index contributed by atoms with van der Waals surface area (Å²) in [6.07, 6.45) is 5.33. The first kappa shape index (κ1) is 15.9. The fourth-order valence-corrected chi connectivity index (χ4v) is 2.98. The summed E-state index contributed by atoms with van der Waals surface area (Å²) in [5.74, 6) is 0. The summed E-state index contributed by atoms with van der Waals surface area (Å²) in [7, 11) is 2.04. The zero-order valence-electron chi connectivity index (χ0n) is 13.6. The van der Waals surface area contributed by atoms with Crippen molar-refractivity contribution in [3.8, 4) is 0 Å². The average molecular weight is 328 g/mol. The van der Waals surface area contributed by atoms with Crippen LogP contribution in [0.2, 0.25) is 5.02 Å². The molecule has 0 amide bonds. The number of nitrogens with one attached hydrogen (secondary N) is 1. The molecule has 0 bridgehead atoms. The van der Waals surface area contributed by atoms with Crippen LogP contribution >= 0.6 is 11.6 Å².